The Labute approximate surface area is 301 Å². The molecule has 0 unspecified atom stereocenters. The van der Waals surface area contributed by atoms with Gasteiger partial charge in [0.2, 0.25) is 0 Å². The molecular weight excluding hydrogens is 654 g/mol. The minimum Gasteiger partial charge on any atom is -0.505 e. The van der Waals surface area contributed by atoms with Gasteiger partial charge in [-0.05, 0) is 86.0 Å². The maximum Gasteiger partial charge on any atom is 0.259 e. The Bertz CT molecular complexity index is 2450. The highest BCUT2D eigenvalue weighted by molar-refractivity contribution is 6.13. The van der Waals surface area contributed by atoms with Crippen LogP contribution in [0.25, 0.3) is 21.6 Å². The molecule has 2 aromatic heterocycles. The van der Waals surface area contributed by atoms with Gasteiger partial charge in [0, 0.05) is 34.7 Å². The van der Waals surface area contributed by atoms with Crippen molar-refractivity contribution < 1.29 is 14.7 Å². The lowest BCUT2D eigenvalue weighted by Gasteiger charge is -2.15. The number of aromatic hydroxyl groups is 1. The second-order valence-electron chi connectivity index (χ2n) is 13.6. The zero-order valence-electron chi connectivity index (χ0n) is 29.9. The lowest BCUT2D eigenvalue weighted by atomic mass is 9.91. The number of amides is 2. The van der Waals surface area contributed by atoms with Gasteiger partial charge in [-0.15, -0.1) is 10.2 Å². The van der Waals surface area contributed by atoms with Crippen molar-refractivity contribution in [3.8, 4) is 11.7 Å². The number of hydrogen-bond donors (Lipinski definition) is 3. The summed E-state index contributed by atoms with van der Waals surface area (Å²) in [6.07, 6.45) is 3.09. The molecule has 260 valence electrons. The number of benzene rings is 4. The minimum atomic E-state index is -0.590. The van der Waals surface area contributed by atoms with E-state index < -0.39 is 17.1 Å². The van der Waals surface area contributed by atoms with Gasteiger partial charge in [0.1, 0.15) is 5.69 Å². The third-order valence-electron chi connectivity index (χ3n) is 8.50. The molecule has 0 radical (unpaired) electrons. The van der Waals surface area contributed by atoms with Crippen LogP contribution in [-0.2, 0) is 5.41 Å². The smallest absolute Gasteiger partial charge is 0.259 e. The number of fused-ring (bicyclic) bond motifs is 1. The van der Waals surface area contributed by atoms with E-state index in [-0.39, 0.29) is 34.6 Å². The average Bonchev–Trinajstić information content (AvgIpc) is 3.49. The Morgan fingerprint density at radius 3 is 2.02 bits per heavy atom. The zero-order chi connectivity index (χ0) is 37.3. The van der Waals surface area contributed by atoms with Crippen LogP contribution in [0.1, 0.15) is 69.4 Å². The first-order valence-electron chi connectivity index (χ1n) is 16.5. The fraction of sp³-hybridized carbons (Fsp3) is 0.200. The van der Waals surface area contributed by atoms with Crippen LogP contribution in [-0.4, -0.2) is 36.7 Å². The number of nitrogens with zero attached hydrogens (tertiary/aromatic N) is 7. The molecule has 12 heteroatoms. The standard InChI is InChI=1S/C40H37N9O3/c1-22-10-14-30(24(3)18-22)44-37(51)26-12-13-28-27(20-26)21-29(38(52)45-31-15-11-23(2)19-25(31)4)34(50)32(28)46-47-36-33(41-8)35(40(5,6)7)48-49(36)39-42-16-9-17-43-39/h9-21,50H,1-7H3,(H,44,51)(H,45,52). The maximum atomic E-state index is 13.8. The lowest BCUT2D eigenvalue weighted by molar-refractivity contribution is 0.101. The van der Waals surface area contributed by atoms with Crippen LogP contribution in [0.15, 0.2) is 89.4 Å². The summed E-state index contributed by atoms with van der Waals surface area (Å²) in [7, 11) is 0. The normalized spacial score (nSPS) is 11.5. The summed E-state index contributed by atoms with van der Waals surface area (Å²) in [5, 5.41) is 32.0. The highest BCUT2D eigenvalue weighted by Crippen LogP contribution is 2.44. The van der Waals surface area contributed by atoms with Crippen molar-refractivity contribution in [1.29, 1.82) is 0 Å². The summed E-state index contributed by atoms with van der Waals surface area (Å²) in [5.74, 6) is -1.16. The van der Waals surface area contributed by atoms with Gasteiger partial charge in [0.15, 0.2) is 11.6 Å². The molecule has 0 aliphatic rings. The van der Waals surface area contributed by atoms with E-state index in [4.69, 9.17) is 6.57 Å². The number of aromatic nitrogens is 4. The van der Waals surface area contributed by atoms with Gasteiger partial charge < -0.3 is 15.7 Å². The first kappa shape index (κ1) is 35.1. The van der Waals surface area contributed by atoms with E-state index in [1.54, 1.807) is 42.7 Å². The van der Waals surface area contributed by atoms with Crippen LogP contribution in [0.5, 0.6) is 5.75 Å². The number of hydrogen-bond acceptors (Lipinski definition) is 8. The van der Waals surface area contributed by atoms with Crippen LogP contribution in [0.2, 0.25) is 0 Å². The number of carbonyl (C=O) groups excluding carboxylic acids is 2. The number of aryl methyl sites for hydroxylation is 4. The fourth-order valence-corrected chi connectivity index (χ4v) is 5.82. The van der Waals surface area contributed by atoms with Crippen molar-refractivity contribution in [2.75, 3.05) is 10.6 Å². The Kier molecular flexibility index (Phi) is 9.37. The number of phenols is 1. The molecule has 0 saturated carbocycles. The molecule has 0 aliphatic heterocycles. The van der Waals surface area contributed by atoms with E-state index in [0.717, 1.165) is 22.3 Å². The third-order valence-corrected chi connectivity index (χ3v) is 8.50. The summed E-state index contributed by atoms with van der Waals surface area (Å²) >= 11 is 0. The van der Waals surface area contributed by atoms with Crippen molar-refractivity contribution >= 4 is 51.2 Å². The predicted molar refractivity (Wildman–Crippen MR) is 202 cm³/mol. The van der Waals surface area contributed by atoms with Gasteiger partial charge in [0.25, 0.3) is 23.5 Å². The summed E-state index contributed by atoms with van der Waals surface area (Å²) < 4.78 is 1.34. The number of nitrogens with one attached hydrogen (secondary N) is 2. The van der Waals surface area contributed by atoms with E-state index in [0.29, 0.717) is 33.4 Å². The molecule has 2 amide bonds. The number of carbonyl (C=O) groups is 2. The molecule has 3 N–H and O–H groups in total. The van der Waals surface area contributed by atoms with Crippen molar-refractivity contribution in [1.82, 2.24) is 19.7 Å². The van der Waals surface area contributed by atoms with E-state index >= 15 is 0 Å². The summed E-state index contributed by atoms with van der Waals surface area (Å²) in [5.41, 5.74) is 5.37. The van der Waals surface area contributed by atoms with Gasteiger partial charge in [-0.2, -0.15) is 9.78 Å². The molecule has 12 nitrogen and oxygen atoms in total. The summed E-state index contributed by atoms with van der Waals surface area (Å²) in [4.78, 5) is 39.7. The highest BCUT2D eigenvalue weighted by atomic mass is 16.3. The average molecular weight is 692 g/mol. The fourth-order valence-electron chi connectivity index (χ4n) is 5.82. The highest BCUT2D eigenvalue weighted by Gasteiger charge is 2.29. The molecule has 0 aliphatic carbocycles. The van der Waals surface area contributed by atoms with Crippen LogP contribution >= 0.6 is 0 Å². The maximum absolute atomic E-state index is 13.8. The number of anilines is 2. The molecular formula is C40H37N9O3. The molecule has 6 rings (SSSR count). The largest absolute Gasteiger partial charge is 0.505 e. The van der Waals surface area contributed by atoms with Crippen LogP contribution in [0.3, 0.4) is 0 Å². The second-order valence-corrected chi connectivity index (χ2v) is 13.6. The van der Waals surface area contributed by atoms with E-state index in [2.05, 4.69) is 40.8 Å². The Balaban J connectivity index is 1.51. The van der Waals surface area contributed by atoms with Crippen LogP contribution < -0.4 is 10.6 Å². The van der Waals surface area contributed by atoms with Crippen LogP contribution in [0.4, 0.5) is 28.6 Å². The van der Waals surface area contributed by atoms with Gasteiger partial charge in [0.05, 0.1) is 17.8 Å². The molecule has 52 heavy (non-hydrogen) atoms. The topological polar surface area (TPSA) is 151 Å². The quantitative estimate of drug-likeness (QED) is 0.112. The van der Waals surface area contributed by atoms with E-state index in [1.165, 1.54) is 10.7 Å². The Morgan fingerprint density at radius 2 is 1.44 bits per heavy atom. The Hall–Kier alpha value is -6.74. The number of phenolic OH excluding ortho intramolecular Hbond substituents is 1. The Morgan fingerprint density at radius 1 is 0.827 bits per heavy atom. The van der Waals surface area contributed by atoms with E-state index in [1.807, 2.05) is 78.8 Å². The molecule has 0 fully saturated rings. The lowest BCUT2D eigenvalue weighted by Crippen LogP contribution is -2.14. The zero-order valence-corrected chi connectivity index (χ0v) is 29.9. The van der Waals surface area contributed by atoms with E-state index in [9.17, 15) is 14.7 Å². The molecule has 4 aromatic carbocycles. The summed E-state index contributed by atoms with van der Waals surface area (Å²) in [6.45, 7) is 21.5. The predicted octanol–water partition coefficient (Wildman–Crippen LogP) is 9.52. The second kappa shape index (κ2) is 13.9. The summed E-state index contributed by atoms with van der Waals surface area (Å²) in [6, 6.07) is 19.4. The third kappa shape index (κ3) is 6.97. The number of azo groups is 1. The van der Waals surface area contributed by atoms with Crippen molar-refractivity contribution in [3.63, 3.8) is 0 Å². The van der Waals surface area contributed by atoms with Crippen molar-refractivity contribution in [2.24, 2.45) is 10.2 Å². The first-order chi connectivity index (χ1) is 24.7. The number of rotatable bonds is 7. The van der Waals surface area contributed by atoms with Crippen LogP contribution in [0, 0.1) is 34.3 Å². The SMILES string of the molecule is [C-]#[N+]c1c(C(C)(C)C)nn(-c2ncccn2)c1N=Nc1c(O)c(C(=O)Nc2ccc(C)cc2C)cc2cc(C(=O)Nc3ccc(C)cc3C)ccc12. The monoisotopic (exact) mass is 691 g/mol. The molecule has 0 bridgehead atoms. The molecule has 2 heterocycles. The molecule has 0 spiro atoms. The van der Waals surface area contributed by atoms with Gasteiger partial charge in [-0.1, -0.05) is 62.2 Å². The molecule has 6 aromatic rings. The van der Waals surface area contributed by atoms with Gasteiger partial charge in [-0.25, -0.2) is 14.8 Å². The minimum absolute atomic E-state index is 0.0421. The molecule has 0 atom stereocenters. The molecule has 0 saturated heterocycles. The van der Waals surface area contributed by atoms with Crippen molar-refractivity contribution in [2.45, 2.75) is 53.9 Å². The van der Waals surface area contributed by atoms with Crippen molar-refractivity contribution in [3.05, 3.63) is 130 Å². The van der Waals surface area contributed by atoms with Gasteiger partial charge in [-0.3, -0.25) is 9.59 Å². The van der Waals surface area contributed by atoms with Gasteiger partial charge >= 0.3 is 0 Å². The first-order valence-corrected chi connectivity index (χ1v) is 16.5.